The highest BCUT2D eigenvalue weighted by molar-refractivity contribution is 5.28. The molecule has 1 aromatic carbocycles. The Hall–Kier alpha value is -1.65. The average molecular weight is 287 g/mol. The standard InChI is InChI=1S/C17H25N3O/c1-17(2,3)16-14(11-20(4)19-16)15(12-21)18-10-13-8-6-5-7-9-13/h5-9,11,15,18,21H,10,12H2,1-4H3. The lowest BCUT2D eigenvalue weighted by molar-refractivity contribution is 0.242. The Kier molecular flexibility index (Phi) is 4.80. The van der Waals surface area contributed by atoms with Gasteiger partial charge in [0.2, 0.25) is 0 Å². The van der Waals surface area contributed by atoms with Crippen LogP contribution < -0.4 is 5.32 Å². The second-order valence-electron chi connectivity index (χ2n) is 6.46. The zero-order valence-electron chi connectivity index (χ0n) is 13.3. The molecular weight excluding hydrogens is 262 g/mol. The van der Waals surface area contributed by atoms with E-state index in [0.717, 1.165) is 17.8 Å². The van der Waals surface area contributed by atoms with Crippen LogP contribution in [0.3, 0.4) is 0 Å². The normalized spacial score (nSPS) is 13.4. The van der Waals surface area contributed by atoms with Crippen molar-refractivity contribution in [3.8, 4) is 0 Å². The maximum Gasteiger partial charge on any atom is 0.0726 e. The van der Waals surface area contributed by atoms with Crippen LogP contribution in [0, 0.1) is 0 Å². The van der Waals surface area contributed by atoms with Crippen LogP contribution in [-0.4, -0.2) is 21.5 Å². The zero-order chi connectivity index (χ0) is 15.5. The van der Waals surface area contributed by atoms with Crippen molar-refractivity contribution in [1.82, 2.24) is 15.1 Å². The predicted octanol–water partition coefficient (Wildman–Crippen LogP) is 2.54. The van der Waals surface area contributed by atoms with Crippen molar-refractivity contribution in [2.24, 2.45) is 7.05 Å². The number of aromatic nitrogens is 2. The molecule has 0 radical (unpaired) electrons. The highest BCUT2D eigenvalue weighted by Gasteiger charge is 2.26. The number of aliphatic hydroxyl groups is 1. The quantitative estimate of drug-likeness (QED) is 0.888. The summed E-state index contributed by atoms with van der Waals surface area (Å²) in [6.07, 6.45) is 2.00. The van der Waals surface area contributed by atoms with Gasteiger partial charge in [0.05, 0.1) is 18.3 Å². The number of rotatable bonds is 5. The molecule has 0 amide bonds. The lowest BCUT2D eigenvalue weighted by Gasteiger charge is -2.22. The number of nitrogens with zero attached hydrogens (tertiary/aromatic N) is 2. The first-order valence-electron chi connectivity index (χ1n) is 7.34. The van der Waals surface area contributed by atoms with Crippen molar-refractivity contribution in [3.63, 3.8) is 0 Å². The number of benzene rings is 1. The van der Waals surface area contributed by atoms with Gasteiger partial charge >= 0.3 is 0 Å². The maximum absolute atomic E-state index is 9.76. The van der Waals surface area contributed by atoms with E-state index in [9.17, 15) is 5.11 Å². The monoisotopic (exact) mass is 287 g/mol. The summed E-state index contributed by atoms with van der Waals surface area (Å²) in [5, 5.41) is 17.8. The number of hydrogen-bond acceptors (Lipinski definition) is 3. The van der Waals surface area contributed by atoms with E-state index in [0.29, 0.717) is 0 Å². The molecule has 2 rings (SSSR count). The first kappa shape index (κ1) is 15.7. The van der Waals surface area contributed by atoms with E-state index in [1.165, 1.54) is 5.56 Å². The van der Waals surface area contributed by atoms with E-state index in [1.807, 2.05) is 36.1 Å². The van der Waals surface area contributed by atoms with E-state index in [1.54, 1.807) is 0 Å². The molecule has 0 bridgehead atoms. The number of aryl methyl sites for hydroxylation is 1. The van der Waals surface area contributed by atoms with Gasteiger partial charge in [0, 0.05) is 30.8 Å². The van der Waals surface area contributed by atoms with Gasteiger partial charge in [-0.05, 0) is 5.56 Å². The maximum atomic E-state index is 9.76. The largest absolute Gasteiger partial charge is 0.394 e. The molecule has 4 nitrogen and oxygen atoms in total. The van der Waals surface area contributed by atoms with Gasteiger partial charge in [0.25, 0.3) is 0 Å². The molecule has 0 aliphatic rings. The molecule has 2 N–H and O–H groups in total. The van der Waals surface area contributed by atoms with Crippen LogP contribution >= 0.6 is 0 Å². The smallest absolute Gasteiger partial charge is 0.0726 e. The van der Waals surface area contributed by atoms with Crippen molar-refractivity contribution in [3.05, 3.63) is 53.3 Å². The lowest BCUT2D eigenvalue weighted by atomic mass is 9.87. The lowest BCUT2D eigenvalue weighted by Crippen LogP contribution is -2.27. The zero-order valence-corrected chi connectivity index (χ0v) is 13.3. The van der Waals surface area contributed by atoms with E-state index in [2.05, 4.69) is 43.3 Å². The summed E-state index contributed by atoms with van der Waals surface area (Å²) in [5.41, 5.74) is 3.27. The van der Waals surface area contributed by atoms with Crippen molar-refractivity contribution in [1.29, 1.82) is 0 Å². The summed E-state index contributed by atoms with van der Waals surface area (Å²) in [6, 6.07) is 10.1. The van der Waals surface area contributed by atoms with Gasteiger partial charge in [0.1, 0.15) is 0 Å². The Morgan fingerprint density at radius 1 is 1.24 bits per heavy atom. The van der Waals surface area contributed by atoms with E-state index in [4.69, 9.17) is 0 Å². The topological polar surface area (TPSA) is 50.1 Å². The third-order valence-corrected chi connectivity index (χ3v) is 3.52. The molecule has 4 heteroatoms. The fraction of sp³-hybridized carbons (Fsp3) is 0.471. The van der Waals surface area contributed by atoms with Crippen molar-refractivity contribution < 1.29 is 5.11 Å². The number of hydrogen-bond donors (Lipinski definition) is 2. The molecule has 2 aromatic rings. The molecule has 0 saturated heterocycles. The fourth-order valence-electron chi connectivity index (χ4n) is 2.45. The Labute approximate surface area is 126 Å². The average Bonchev–Trinajstić information content (AvgIpc) is 2.83. The first-order valence-corrected chi connectivity index (χ1v) is 7.34. The summed E-state index contributed by atoms with van der Waals surface area (Å²) in [5.74, 6) is 0. The number of nitrogens with one attached hydrogen (secondary N) is 1. The summed E-state index contributed by atoms with van der Waals surface area (Å²) in [6.45, 7) is 7.21. The Balaban J connectivity index is 2.18. The second kappa shape index (κ2) is 6.41. The summed E-state index contributed by atoms with van der Waals surface area (Å²) >= 11 is 0. The van der Waals surface area contributed by atoms with Gasteiger partial charge in [-0.25, -0.2) is 0 Å². The number of aliphatic hydroxyl groups excluding tert-OH is 1. The van der Waals surface area contributed by atoms with Crippen LogP contribution in [0.25, 0.3) is 0 Å². The van der Waals surface area contributed by atoms with Crippen LogP contribution in [0.1, 0.15) is 43.6 Å². The minimum absolute atomic E-state index is 0.0432. The van der Waals surface area contributed by atoms with Crippen molar-refractivity contribution in [2.75, 3.05) is 6.61 Å². The molecular formula is C17H25N3O. The molecule has 114 valence electrons. The van der Waals surface area contributed by atoms with Crippen LogP contribution in [0.5, 0.6) is 0 Å². The molecule has 0 aliphatic carbocycles. The van der Waals surface area contributed by atoms with E-state index < -0.39 is 0 Å². The molecule has 0 saturated carbocycles. The molecule has 1 unspecified atom stereocenters. The van der Waals surface area contributed by atoms with Crippen molar-refractivity contribution in [2.45, 2.75) is 38.8 Å². The van der Waals surface area contributed by atoms with Crippen LogP contribution in [0.4, 0.5) is 0 Å². The molecule has 0 aliphatic heterocycles. The Bertz CT molecular complexity index is 569. The predicted molar refractivity (Wildman–Crippen MR) is 85.0 cm³/mol. The van der Waals surface area contributed by atoms with Crippen molar-refractivity contribution >= 4 is 0 Å². The Morgan fingerprint density at radius 3 is 2.48 bits per heavy atom. The molecule has 0 fully saturated rings. The van der Waals surface area contributed by atoms with Crippen LogP contribution in [0.2, 0.25) is 0 Å². The van der Waals surface area contributed by atoms with Crippen LogP contribution in [0.15, 0.2) is 36.5 Å². The van der Waals surface area contributed by atoms with Gasteiger partial charge in [-0.3, -0.25) is 4.68 Å². The summed E-state index contributed by atoms with van der Waals surface area (Å²) in [7, 11) is 1.92. The highest BCUT2D eigenvalue weighted by atomic mass is 16.3. The van der Waals surface area contributed by atoms with E-state index >= 15 is 0 Å². The minimum atomic E-state index is -0.104. The molecule has 1 atom stereocenters. The van der Waals surface area contributed by atoms with Gasteiger partial charge in [-0.1, -0.05) is 51.1 Å². The molecule has 1 heterocycles. The first-order chi connectivity index (χ1) is 9.91. The third kappa shape index (κ3) is 3.93. The summed E-state index contributed by atoms with van der Waals surface area (Å²) < 4.78 is 1.82. The van der Waals surface area contributed by atoms with Gasteiger partial charge in [-0.15, -0.1) is 0 Å². The minimum Gasteiger partial charge on any atom is -0.394 e. The molecule has 0 spiro atoms. The highest BCUT2D eigenvalue weighted by Crippen LogP contribution is 2.28. The van der Waals surface area contributed by atoms with Gasteiger partial charge in [0.15, 0.2) is 0 Å². The SMILES string of the molecule is Cn1cc(C(CO)NCc2ccccc2)c(C(C)(C)C)n1. The molecule has 21 heavy (non-hydrogen) atoms. The van der Waals surface area contributed by atoms with E-state index in [-0.39, 0.29) is 18.1 Å². The fourth-order valence-corrected chi connectivity index (χ4v) is 2.45. The second-order valence-corrected chi connectivity index (χ2v) is 6.46. The Morgan fingerprint density at radius 2 is 1.90 bits per heavy atom. The molecule has 1 aromatic heterocycles. The third-order valence-electron chi connectivity index (χ3n) is 3.52. The van der Waals surface area contributed by atoms with Gasteiger partial charge < -0.3 is 10.4 Å². The van der Waals surface area contributed by atoms with Crippen LogP contribution in [-0.2, 0) is 19.0 Å². The summed E-state index contributed by atoms with van der Waals surface area (Å²) in [4.78, 5) is 0. The van der Waals surface area contributed by atoms with Gasteiger partial charge in [-0.2, -0.15) is 5.10 Å².